The summed E-state index contributed by atoms with van der Waals surface area (Å²) >= 11 is 0. The van der Waals surface area contributed by atoms with Crippen LogP contribution >= 0.6 is 0 Å². The maximum atomic E-state index is 4.63. The van der Waals surface area contributed by atoms with Gasteiger partial charge in [0.2, 0.25) is 0 Å². The summed E-state index contributed by atoms with van der Waals surface area (Å²) in [5.41, 5.74) is 3.41. The van der Waals surface area contributed by atoms with Crippen molar-refractivity contribution in [3.63, 3.8) is 0 Å². The number of anilines is 1. The van der Waals surface area contributed by atoms with Crippen molar-refractivity contribution in [2.24, 2.45) is 0 Å². The molecule has 0 amide bonds. The molecule has 0 saturated carbocycles. The third-order valence-electron chi connectivity index (χ3n) is 3.21. The van der Waals surface area contributed by atoms with E-state index >= 15 is 0 Å². The molecule has 1 aromatic heterocycles. The zero-order chi connectivity index (χ0) is 11.2. The second kappa shape index (κ2) is 3.09. The Balaban J connectivity index is 2.51. The summed E-state index contributed by atoms with van der Waals surface area (Å²) in [6, 6.07) is 4.29. The number of nitrogens with zero attached hydrogens (tertiary/aromatic N) is 1. The minimum atomic E-state index is -0.00214. The molecule has 2 heterocycles. The molecule has 0 bridgehead atoms. The van der Waals surface area contributed by atoms with Gasteiger partial charge in [-0.3, -0.25) is 0 Å². The highest BCUT2D eigenvalue weighted by atomic mass is 15.0. The van der Waals surface area contributed by atoms with E-state index in [1.54, 1.807) is 0 Å². The maximum Gasteiger partial charge on any atom is 0.134 e. The molecule has 2 nitrogen and oxygen atoms in total. The normalized spacial score (nSPS) is 17.8. The molecule has 0 fully saturated rings. The predicted octanol–water partition coefficient (Wildman–Crippen LogP) is 3.42. The van der Waals surface area contributed by atoms with Crippen molar-refractivity contribution in [3.8, 4) is 0 Å². The highest BCUT2D eigenvalue weighted by Crippen LogP contribution is 2.41. The Morgan fingerprint density at radius 3 is 2.60 bits per heavy atom. The Hall–Kier alpha value is -1.31. The third-order valence-corrected chi connectivity index (χ3v) is 3.21. The van der Waals surface area contributed by atoms with Gasteiger partial charge in [0.25, 0.3) is 0 Å². The van der Waals surface area contributed by atoms with Crippen LogP contribution in [0.4, 0.5) is 5.82 Å². The van der Waals surface area contributed by atoms with Crippen molar-refractivity contribution < 1.29 is 0 Å². The zero-order valence-electron chi connectivity index (χ0n) is 9.89. The van der Waals surface area contributed by atoms with Gasteiger partial charge in [-0.25, -0.2) is 4.98 Å². The highest BCUT2D eigenvalue weighted by molar-refractivity contribution is 5.63. The molecular weight excluding hydrogens is 184 g/mol. The van der Waals surface area contributed by atoms with Crippen LogP contribution in [0, 0.1) is 0 Å². The van der Waals surface area contributed by atoms with Crippen molar-refractivity contribution >= 4 is 5.82 Å². The monoisotopic (exact) mass is 202 g/mol. The predicted molar refractivity (Wildman–Crippen MR) is 64.1 cm³/mol. The molecule has 0 unspecified atom stereocenters. The first-order chi connectivity index (χ1) is 6.93. The van der Waals surface area contributed by atoms with Crippen LogP contribution in [0.5, 0.6) is 0 Å². The van der Waals surface area contributed by atoms with E-state index in [1.807, 2.05) is 0 Å². The van der Waals surface area contributed by atoms with E-state index in [2.05, 4.69) is 56.7 Å². The van der Waals surface area contributed by atoms with E-state index in [4.69, 9.17) is 0 Å². The number of hydrogen-bond acceptors (Lipinski definition) is 2. The number of hydrogen-bond donors (Lipinski definition) is 1. The molecule has 1 N–H and O–H groups in total. The Morgan fingerprint density at radius 2 is 2.00 bits per heavy atom. The lowest BCUT2D eigenvalue weighted by atomic mass is 9.85. The molecule has 1 aromatic rings. The molecule has 0 radical (unpaired) electrons. The fourth-order valence-electron chi connectivity index (χ4n) is 1.86. The first-order valence-electron chi connectivity index (χ1n) is 5.40. The van der Waals surface area contributed by atoms with E-state index in [9.17, 15) is 0 Å². The van der Waals surface area contributed by atoms with Gasteiger partial charge in [-0.2, -0.15) is 0 Å². The lowest BCUT2D eigenvalue weighted by Crippen LogP contribution is -2.15. The van der Waals surface area contributed by atoms with Gasteiger partial charge in [0.1, 0.15) is 5.82 Å². The topological polar surface area (TPSA) is 24.9 Å². The molecule has 0 saturated heterocycles. The minimum Gasteiger partial charge on any atom is -0.343 e. The van der Waals surface area contributed by atoms with E-state index in [0.717, 1.165) is 17.2 Å². The number of allylic oxidation sites excluding steroid dienone is 1. The molecule has 2 rings (SSSR count). The summed E-state index contributed by atoms with van der Waals surface area (Å²) in [6.07, 6.45) is 0. The lowest BCUT2D eigenvalue weighted by Gasteiger charge is -2.18. The third kappa shape index (κ3) is 1.44. The van der Waals surface area contributed by atoms with E-state index in [0.29, 0.717) is 5.92 Å². The number of pyridine rings is 1. The zero-order valence-corrected chi connectivity index (χ0v) is 9.89. The number of aromatic nitrogens is 1. The van der Waals surface area contributed by atoms with Crippen molar-refractivity contribution in [3.05, 3.63) is 35.7 Å². The average molecular weight is 202 g/mol. The lowest BCUT2D eigenvalue weighted by molar-refractivity contribution is 0.655. The Labute approximate surface area is 91.4 Å². The molecule has 1 aliphatic rings. The van der Waals surface area contributed by atoms with Crippen molar-refractivity contribution in [2.75, 3.05) is 5.32 Å². The van der Waals surface area contributed by atoms with E-state index in [-0.39, 0.29) is 5.41 Å². The van der Waals surface area contributed by atoms with Gasteiger partial charge in [-0.1, -0.05) is 40.3 Å². The Kier molecular flexibility index (Phi) is 2.10. The van der Waals surface area contributed by atoms with Crippen molar-refractivity contribution in [1.82, 2.24) is 4.98 Å². The van der Waals surface area contributed by atoms with Gasteiger partial charge < -0.3 is 5.32 Å². The molecule has 0 aromatic carbocycles. The van der Waals surface area contributed by atoms with Crippen LogP contribution in [0.15, 0.2) is 24.4 Å². The van der Waals surface area contributed by atoms with Crippen LogP contribution in [0.1, 0.15) is 44.9 Å². The summed E-state index contributed by atoms with van der Waals surface area (Å²) in [5, 5.41) is 3.28. The fraction of sp³-hybridized carbons (Fsp3) is 0.462. The molecule has 0 aliphatic carbocycles. The summed E-state index contributed by atoms with van der Waals surface area (Å²) in [5.74, 6) is 1.45. The molecule has 15 heavy (non-hydrogen) atoms. The van der Waals surface area contributed by atoms with Gasteiger partial charge in [0.05, 0.1) is 0 Å². The standard InChI is InChI=1S/C13H18N2/c1-8(2)11-7-6-10-12(15-11)14-9(3)13(10,4)5/h6-8H,3H2,1-2,4-5H3,(H,14,15). The highest BCUT2D eigenvalue weighted by Gasteiger charge is 2.34. The summed E-state index contributed by atoms with van der Waals surface area (Å²) in [6.45, 7) is 12.7. The van der Waals surface area contributed by atoms with Gasteiger partial charge in [0.15, 0.2) is 0 Å². The summed E-state index contributed by atoms with van der Waals surface area (Å²) in [4.78, 5) is 4.63. The van der Waals surface area contributed by atoms with Crippen LogP contribution in [0.3, 0.4) is 0 Å². The maximum absolute atomic E-state index is 4.63. The molecule has 80 valence electrons. The fourth-order valence-corrected chi connectivity index (χ4v) is 1.86. The van der Waals surface area contributed by atoms with Crippen LogP contribution in [0.25, 0.3) is 0 Å². The minimum absolute atomic E-state index is 0.00214. The van der Waals surface area contributed by atoms with Crippen molar-refractivity contribution in [1.29, 1.82) is 0 Å². The van der Waals surface area contributed by atoms with Gasteiger partial charge in [-0.05, 0) is 12.0 Å². The number of rotatable bonds is 1. The Bertz CT molecular complexity index is 417. The molecule has 2 heteroatoms. The molecule has 0 spiro atoms. The second-order valence-corrected chi connectivity index (χ2v) is 5.02. The van der Waals surface area contributed by atoms with Crippen LogP contribution in [-0.4, -0.2) is 4.98 Å². The summed E-state index contributed by atoms with van der Waals surface area (Å²) < 4.78 is 0. The number of fused-ring (bicyclic) bond motifs is 1. The van der Waals surface area contributed by atoms with Gasteiger partial charge in [-0.15, -0.1) is 0 Å². The molecular formula is C13H18N2. The summed E-state index contributed by atoms with van der Waals surface area (Å²) in [7, 11) is 0. The van der Waals surface area contributed by atoms with Gasteiger partial charge in [0, 0.05) is 22.4 Å². The average Bonchev–Trinajstić information content (AvgIpc) is 2.38. The first-order valence-corrected chi connectivity index (χ1v) is 5.40. The first kappa shape index (κ1) is 10.2. The SMILES string of the molecule is C=C1Nc2nc(C(C)C)ccc2C1(C)C. The molecule has 0 atom stereocenters. The smallest absolute Gasteiger partial charge is 0.134 e. The second-order valence-electron chi connectivity index (χ2n) is 5.02. The van der Waals surface area contributed by atoms with E-state index < -0.39 is 0 Å². The quantitative estimate of drug-likeness (QED) is 0.754. The largest absolute Gasteiger partial charge is 0.343 e. The van der Waals surface area contributed by atoms with Crippen LogP contribution in [-0.2, 0) is 5.41 Å². The Morgan fingerprint density at radius 1 is 1.33 bits per heavy atom. The molecule has 1 aliphatic heterocycles. The van der Waals surface area contributed by atoms with Gasteiger partial charge >= 0.3 is 0 Å². The van der Waals surface area contributed by atoms with Crippen molar-refractivity contribution in [2.45, 2.75) is 39.0 Å². The number of nitrogens with one attached hydrogen (secondary N) is 1. The van der Waals surface area contributed by atoms with E-state index in [1.165, 1.54) is 5.56 Å². The van der Waals surface area contributed by atoms with Crippen LogP contribution < -0.4 is 5.32 Å². The van der Waals surface area contributed by atoms with Crippen LogP contribution in [0.2, 0.25) is 0 Å².